The van der Waals surface area contributed by atoms with Crippen molar-refractivity contribution in [1.82, 2.24) is 9.97 Å². The highest BCUT2D eigenvalue weighted by Crippen LogP contribution is 2.10. The molecule has 0 bridgehead atoms. The van der Waals surface area contributed by atoms with E-state index in [0.717, 1.165) is 24.3 Å². The summed E-state index contributed by atoms with van der Waals surface area (Å²) in [5.41, 5.74) is 0. The summed E-state index contributed by atoms with van der Waals surface area (Å²) in [5.74, 6) is -1.73. The highest BCUT2D eigenvalue weighted by Gasteiger charge is 2.11. The summed E-state index contributed by atoms with van der Waals surface area (Å²) >= 11 is 0. The number of nitrogens with two attached hydrogens (primary N) is 1. The molecule has 0 unspecified atom stereocenters. The van der Waals surface area contributed by atoms with E-state index >= 15 is 0 Å². The van der Waals surface area contributed by atoms with Crippen molar-refractivity contribution in [3.8, 4) is 0 Å². The van der Waals surface area contributed by atoms with Gasteiger partial charge in [-0.3, -0.25) is 0 Å². The number of hydrogen-bond acceptors (Lipinski definition) is 6. The third kappa shape index (κ3) is 8.24. The molecular formula is C12H16ClF2N3O4S2. The van der Waals surface area contributed by atoms with Crippen LogP contribution >= 0.6 is 10.7 Å². The molecule has 0 amide bonds. The third-order valence-corrected chi connectivity index (χ3v) is 3.93. The van der Waals surface area contributed by atoms with Crippen molar-refractivity contribution in [1.29, 1.82) is 0 Å². The molecule has 0 atom stereocenters. The Balaban J connectivity index is 0. The Morgan fingerprint density at radius 3 is 1.46 bits per heavy atom. The zero-order valence-electron chi connectivity index (χ0n) is 10.5. The van der Waals surface area contributed by atoms with Crippen LogP contribution in [0.25, 0.3) is 0 Å². The Morgan fingerprint density at radius 2 is 1.21 bits per heavy atom. The lowest BCUT2D eigenvalue weighted by molar-refractivity contribution is 0.557. The average molecular weight is 404 g/mol. The molecule has 12 heteroatoms. The van der Waals surface area contributed by atoms with Crippen molar-refractivity contribution in [2.75, 3.05) is 0 Å². The van der Waals surface area contributed by atoms with Gasteiger partial charge < -0.3 is 0 Å². The number of hydrogen-bond donors (Lipinski definition) is 1. The number of halogens is 3. The van der Waals surface area contributed by atoms with Crippen LogP contribution in [-0.4, -0.2) is 26.8 Å². The molecule has 7 nitrogen and oxygen atoms in total. The van der Waals surface area contributed by atoms with Crippen molar-refractivity contribution < 1.29 is 25.6 Å². The van der Waals surface area contributed by atoms with E-state index in [-0.39, 0.29) is 14.9 Å². The average Bonchev–Trinajstić information content (AvgIpc) is 2.37. The highest BCUT2D eigenvalue weighted by molar-refractivity contribution is 8.13. The zero-order valence-corrected chi connectivity index (χ0v) is 12.9. The largest absolute Gasteiger partial charge is 0.278 e. The maximum absolute atomic E-state index is 12.3. The molecule has 0 aliphatic rings. The topological polar surface area (TPSA) is 120 Å². The molecule has 0 saturated heterocycles. The van der Waals surface area contributed by atoms with Crippen LogP contribution in [0.4, 0.5) is 8.78 Å². The first-order valence-electron chi connectivity index (χ1n) is 5.23. The summed E-state index contributed by atoms with van der Waals surface area (Å²) in [6.45, 7) is 0. The first-order chi connectivity index (χ1) is 10.00. The van der Waals surface area contributed by atoms with Crippen molar-refractivity contribution in [3.63, 3.8) is 0 Å². The fourth-order valence-electron chi connectivity index (χ4n) is 1.07. The summed E-state index contributed by atoms with van der Waals surface area (Å²) in [4.78, 5) is 6.12. The van der Waals surface area contributed by atoms with Crippen LogP contribution in [0.3, 0.4) is 0 Å². The number of aromatic nitrogens is 2. The van der Waals surface area contributed by atoms with Crippen molar-refractivity contribution in [3.05, 3.63) is 48.3 Å². The maximum atomic E-state index is 12.3. The highest BCUT2D eigenvalue weighted by atomic mass is 35.7. The van der Waals surface area contributed by atoms with Crippen molar-refractivity contribution in [2.24, 2.45) is 5.14 Å². The summed E-state index contributed by atoms with van der Waals surface area (Å²) in [6, 6.07) is 6.75. The molecule has 0 aromatic carbocycles. The first-order valence-corrected chi connectivity index (χ1v) is 9.08. The molecule has 136 valence electrons. The molecule has 0 aliphatic heterocycles. The van der Waals surface area contributed by atoms with Gasteiger partial charge in [-0.1, -0.05) is 27.0 Å². The van der Waals surface area contributed by atoms with Crippen molar-refractivity contribution in [2.45, 2.75) is 24.9 Å². The first kappa shape index (κ1) is 24.6. The summed E-state index contributed by atoms with van der Waals surface area (Å²) in [6.07, 6.45) is 0. The van der Waals surface area contributed by atoms with Gasteiger partial charge in [0.15, 0.2) is 10.1 Å². The number of pyridine rings is 2. The van der Waals surface area contributed by atoms with Crippen molar-refractivity contribution >= 4 is 29.8 Å². The summed E-state index contributed by atoms with van der Waals surface area (Å²) in [5, 5.41) is 3.74. The Kier molecular flexibility index (Phi) is 9.79. The monoisotopic (exact) mass is 403 g/mol. The molecule has 2 aromatic rings. The van der Waals surface area contributed by atoms with E-state index in [4.69, 9.17) is 10.7 Å². The normalized spacial score (nSPS) is 10.5. The molecule has 0 fully saturated rings. The van der Waals surface area contributed by atoms with Crippen LogP contribution in [0.5, 0.6) is 0 Å². The third-order valence-electron chi connectivity index (χ3n) is 1.92. The number of primary sulfonamides is 1. The molecule has 0 radical (unpaired) electrons. The second-order valence-electron chi connectivity index (χ2n) is 3.58. The molecule has 2 N–H and O–H groups in total. The van der Waals surface area contributed by atoms with Gasteiger partial charge in [-0.05, 0) is 24.3 Å². The fraction of sp³-hybridized carbons (Fsp3) is 0.167. The second kappa shape index (κ2) is 9.57. The Bertz CT molecular complexity index is 804. The van der Waals surface area contributed by atoms with Gasteiger partial charge in [0, 0.05) is 10.7 Å². The quantitative estimate of drug-likeness (QED) is 0.606. The minimum Gasteiger partial charge on any atom is -0.223 e. The molecule has 2 heterocycles. The number of nitrogens with zero attached hydrogens (tertiary/aromatic N) is 2. The van der Waals surface area contributed by atoms with Crippen LogP contribution in [0.15, 0.2) is 46.5 Å². The van der Waals surface area contributed by atoms with Gasteiger partial charge in [0.1, 0.15) is 0 Å². The Hall–Kier alpha value is -1.69. The second-order valence-corrected chi connectivity index (χ2v) is 7.60. The van der Waals surface area contributed by atoms with E-state index in [1.54, 1.807) is 0 Å². The van der Waals surface area contributed by atoms with Gasteiger partial charge in [-0.15, -0.1) is 0 Å². The Labute approximate surface area is 144 Å². The summed E-state index contributed by atoms with van der Waals surface area (Å²) < 4.78 is 66.6. The lowest BCUT2D eigenvalue weighted by Crippen LogP contribution is -2.14. The zero-order chi connectivity index (χ0) is 17.0. The van der Waals surface area contributed by atoms with E-state index in [9.17, 15) is 25.6 Å². The SMILES string of the molecule is C.C.NS(=O)(=O)c1cccc(F)n1.O=S(=O)(Cl)c1cccc(F)n1. The molecule has 2 rings (SSSR count). The van der Waals surface area contributed by atoms with E-state index in [2.05, 4.69) is 15.1 Å². The standard InChI is InChI=1S/C5H3ClFNO2S.C5H5FN2O2S.2CH4/c6-11(9,10)5-3-1-2-4(7)8-5;6-4-2-1-3-5(8-4)11(7,9)10;;/h1-3H;1-3H,(H2,7,9,10);2*1H4. The van der Waals surface area contributed by atoms with E-state index in [0.29, 0.717) is 0 Å². The van der Waals surface area contributed by atoms with Gasteiger partial charge in [0.2, 0.25) is 11.9 Å². The maximum Gasteiger partial charge on any atom is 0.278 e. The molecular weight excluding hydrogens is 388 g/mol. The molecule has 0 spiro atoms. The Morgan fingerprint density at radius 1 is 0.833 bits per heavy atom. The molecule has 24 heavy (non-hydrogen) atoms. The fourth-order valence-corrected chi connectivity index (χ4v) is 2.25. The number of sulfonamides is 1. The minimum atomic E-state index is -3.90. The van der Waals surface area contributed by atoms with Gasteiger partial charge in [0.25, 0.3) is 19.1 Å². The van der Waals surface area contributed by atoms with Crippen LogP contribution in [-0.2, 0) is 19.1 Å². The lowest BCUT2D eigenvalue weighted by Gasteiger charge is -1.94. The van der Waals surface area contributed by atoms with Gasteiger partial charge in [-0.2, -0.15) is 8.78 Å². The smallest absolute Gasteiger partial charge is 0.223 e. The van der Waals surface area contributed by atoms with Crippen LogP contribution < -0.4 is 5.14 Å². The van der Waals surface area contributed by atoms with Crippen LogP contribution in [0, 0.1) is 11.9 Å². The van der Waals surface area contributed by atoms with E-state index in [1.165, 1.54) is 12.1 Å². The van der Waals surface area contributed by atoms with E-state index in [1.807, 2.05) is 0 Å². The lowest BCUT2D eigenvalue weighted by atomic mass is 10.5. The minimum absolute atomic E-state index is 0. The molecule has 0 aliphatic carbocycles. The van der Waals surface area contributed by atoms with Crippen LogP contribution in [0.2, 0.25) is 0 Å². The molecule has 0 saturated carbocycles. The van der Waals surface area contributed by atoms with Gasteiger partial charge >= 0.3 is 0 Å². The van der Waals surface area contributed by atoms with E-state index < -0.39 is 41.0 Å². The van der Waals surface area contributed by atoms with Gasteiger partial charge in [0.05, 0.1) is 0 Å². The molecule has 2 aromatic heterocycles. The van der Waals surface area contributed by atoms with Gasteiger partial charge in [-0.25, -0.2) is 31.9 Å². The summed E-state index contributed by atoms with van der Waals surface area (Å²) in [7, 11) is -2.91. The predicted octanol–water partition coefficient (Wildman–Crippen LogP) is 2.29. The number of rotatable bonds is 2. The van der Waals surface area contributed by atoms with Crippen LogP contribution in [0.1, 0.15) is 14.9 Å². The predicted molar refractivity (Wildman–Crippen MR) is 86.3 cm³/mol.